The van der Waals surface area contributed by atoms with Crippen LogP contribution >= 0.6 is 22.9 Å². The average molecular weight is 442 g/mol. The Bertz CT molecular complexity index is 1060. The van der Waals surface area contributed by atoms with Gasteiger partial charge < -0.3 is 5.11 Å². The average Bonchev–Trinajstić information content (AvgIpc) is 3.10. The molecule has 0 amide bonds. The number of halogens is 1. The molecule has 0 spiro atoms. The van der Waals surface area contributed by atoms with Crippen molar-refractivity contribution in [2.24, 2.45) is 5.10 Å². The van der Waals surface area contributed by atoms with Crippen LogP contribution in [0.5, 0.6) is 0 Å². The first-order valence-corrected chi connectivity index (χ1v) is 11.0. The van der Waals surface area contributed by atoms with Crippen molar-refractivity contribution in [2.45, 2.75) is 39.7 Å². The first-order valence-electron chi connectivity index (χ1n) is 9.80. The summed E-state index contributed by atoms with van der Waals surface area (Å²) >= 11 is 7.94. The number of aryl methyl sites for hydroxylation is 1. The molecule has 0 aliphatic rings. The molecule has 1 atom stereocenters. The van der Waals surface area contributed by atoms with Crippen molar-refractivity contribution in [3.8, 4) is 11.3 Å². The van der Waals surface area contributed by atoms with Gasteiger partial charge in [0.05, 0.1) is 23.5 Å². The van der Waals surface area contributed by atoms with E-state index in [1.165, 1.54) is 0 Å². The lowest BCUT2D eigenvalue weighted by atomic mass is 10.1. The summed E-state index contributed by atoms with van der Waals surface area (Å²) in [7, 11) is 0. The number of aromatic nitrogens is 1. The monoisotopic (exact) mass is 441 g/mol. The smallest absolute Gasteiger partial charge is 0.336 e. The van der Waals surface area contributed by atoms with Crippen molar-refractivity contribution in [2.75, 3.05) is 5.01 Å². The van der Waals surface area contributed by atoms with Crippen molar-refractivity contribution < 1.29 is 9.90 Å². The third-order valence-corrected chi connectivity index (χ3v) is 6.04. The van der Waals surface area contributed by atoms with Crippen molar-refractivity contribution in [1.82, 2.24) is 4.98 Å². The van der Waals surface area contributed by atoms with Gasteiger partial charge in [0.2, 0.25) is 5.13 Å². The van der Waals surface area contributed by atoms with Crippen LogP contribution in [0.3, 0.4) is 0 Å². The lowest BCUT2D eigenvalue weighted by Gasteiger charge is -2.23. The first kappa shape index (κ1) is 22.0. The Kier molecular flexibility index (Phi) is 7.24. The fourth-order valence-electron chi connectivity index (χ4n) is 3.20. The Morgan fingerprint density at radius 1 is 1.27 bits per heavy atom. The van der Waals surface area contributed by atoms with Gasteiger partial charge in [-0.2, -0.15) is 5.10 Å². The summed E-state index contributed by atoms with van der Waals surface area (Å²) in [6.45, 7) is 6.24. The van der Waals surface area contributed by atoms with E-state index in [-0.39, 0.29) is 11.6 Å². The van der Waals surface area contributed by atoms with E-state index in [4.69, 9.17) is 16.6 Å². The molecule has 2 aromatic carbocycles. The van der Waals surface area contributed by atoms with Crippen LogP contribution in [0, 0.1) is 6.92 Å². The van der Waals surface area contributed by atoms with Gasteiger partial charge in [0.1, 0.15) is 0 Å². The first-order chi connectivity index (χ1) is 14.4. The summed E-state index contributed by atoms with van der Waals surface area (Å²) < 4.78 is 0. The number of hydrazone groups is 1. The molecule has 0 saturated heterocycles. The normalized spacial score (nSPS) is 12.3. The second kappa shape index (κ2) is 9.87. The van der Waals surface area contributed by atoms with Gasteiger partial charge >= 0.3 is 5.97 Å². The SMILES string of the molecule is CCCC(C)N(/N=C/c1ccccc1C(=O)O)c1nc(-c2ccccc2Cl)c(C)s1. The van der Waals surface area contributed by atoms with Gasteiger partial charge in [-0.1, -0.05) is 72.7 Å². The Hall–Kier alpha value is -2.70. The van der Waals surface area contributed by atoms with Crippen LogP contribution in [-0.2, 0) is 0 Å². The van der Waals surface area contributed by atoms with Gasteiger partial charge in [0.15, 0.2) is 0 Å². The van der Waals surface area contributed by atoms with Crippen molar-refractivity contribution in [3.05, 3.63) is 69.6 Å². The molecule has 0 radical (unpaired) electrons. The molecule has 1 N–H and O–H groups in total. The molecule has 30 heavy (non-hydrogen) atoms. The van der Waals surface area contributed by atoms with Crippen molar-refractivity contribution >= 4 is 40.3 Å². The second-order valence-electron chi connectivity index (χ2n) is 7.00. The van der Waals surface area contributed by atoms with Crippen LogP contribution in [0.15, 0.2) is 53.6 Å². The predicted molar refractivity (Wildman–Crippen MR) is 125 cm³/mol. The Labute approximate surface area is 185 Å². The van der Waals surface area contributed by atoms with E-state index in [0.29, 0.717) is 10.6 Å². The summed E-state index contributed by atoms with van der Waals surface area (Å²) in [6, 6.07) is 14.6. The van der Waals surface area contributed by atoms with Gasteiger partial charge in [-0.15, -0.1) is 0 Å². The summed E-state index contributed by atoms with van der Waals surface area (Å²) in [5, 5.41) is 17.4. The summed E-state index contributed by atoms with van der Waals surface area (Å²) in [5.41, 5.74) is 2.51. The highest BCUT2D eigenvalue weighted by Gasteiger charge is 2.20. The quantitative estimate of drug-likeness (QED) is 0.320. The molecule has 5 nitrogen and oxygen atoms in total. The predicted octanol–water partition coefficient (Wildman–Crippen LogP) is 6.50. The number of anilines is 1. The molecule has 0 saturated carbocycles. The van der Waals surface area contributed by atoms with Crippen molar-refractivity contribution in [1.29, 1.82) is 0 Å². The molecule has 3 rings (SSSR count). The lowest BCUT2D eigenvalue weighted by Crippen LogP contribution is -2.28. The molecular formula is C23H24ClN3O2S. The number of carbonyl (C=O) groups is 1. The van der Waals surface area contributed by atoms with Gasteiger partial charge in [0.25, 0.3) is 0 Å². The van der Waals surface area contributed by atoms with E-state index in [9.17, 15) is 9.90 Å². The molecule has 0 aliphatic heterocycles. The van der Waals surface area contributed by atoms with E-state index in [1.54, 1.807) is 41.8 Å². The molecule has 0 bridgehead atoms. The van der Waals surface area contributed by atoms with Crippen LogP contribution in [0.1, 0.15) is 47.5 Å². The highest BCUT2D eigenvalue weighted by Crippen LogP contribution is 2.36. The number of aromatic carboxylic acids is 1. The molecule has 1 unspecified atom stereocenters. The fourth-order valence-corrected chi connectivity index (χ4v) is 4.41. The zero-order valence-electron chi connectivity index (χ0n) is 17.2. The van der Waals surface area contributed by atoms with Gasteiger partial charge in [0, 0.05) is 21.0 Å². The van der Waals surface area contributed by atoms with Crippen LogP contribution in [-0.4, -0.2) is 28.3 Å². The van der Waals surface area contributed by atoms with Crippen LogP contribution in [0.4, 0.5) is 5.13 Å². The molecule has 156 valence electrons. The van der Waals surface area contributed by atoms with Gasteiger partial charge in [-0.05, 0) is 32.4 Å². The molecule has 0 aliphatic carbocycles. The molecule has 7 heteroatoms. The van der Waals surface area contributed by atoms with Crippen LogP contribution in [0.25, 0.3) is 11.3 Å². The molecule has 3 aromatic rings. The number of carboxylic acids is 1. The third-order valence-electron chi connectivity index (χ3n) is 4.75. The topological polar surface area (TPSA) is 65.8 Å². The van der Waals surface area contributed by atoms with E-state index in [1.807, 2.05) is 36.2 Å². The minimum atomic E-state index is -0.976. The Morgan fingerprint density at radius 2 is 1.97 bits per heavy atom. The third kappa shape index (κ3) is 4.89. The number of thiazole rings is 1. The number of rotatable bonds is 8. The number of hydrogen-bond acceptors (Lipinski definition) is 5. The standard InChI is InChI=1S/C23H24ClN3O2S/c1-4-9-15(2)27(25-14-17-10-5-6-11-18(17)22(28)29)23-26-21(16(3)30-23)19-12-7-8-13-20(19)24/h5-8,10-15H,4,9H2,1-3H3,(H,28,29)/b25-14+. The van der Waals surface area contributed by atoms with E-state index in [0.717, 1.165) is 34.1 Å². The summed E-state index contributed by atoms with van der Waals surface area (Å²) in [4.78, 5) is 17.4. The number of carboxylic acid groups (broad SMARTS) is 1. The largest absolute Gasteiger partial charge is 0.478 e. The second-order valence-corrected chi connectivity index (χ2v) is 8.59. The van der Waals surface area contributed by atoms with Crippen LogP contribution in [0.2, 0.25) is 5.02 Å². The fraction of sp³-hybridized carbons (Fsp3) is 0.261. The molecular weight excluding hydrogens is 418 g/mol. The zero-order valence-corrected chi connectivity index (χ0v) is 18.7. The highest BCUT2D eigenvalue weighted by molar-refractivity contribution is 7.16. The highest BCUT2D eigenvalue weighted by atomic mass is 35.5. The van der Waals surface area contributed by atoms with Crippen LogP contribution < -0.4 is 5.01 Å². The molecule has 1 heterocycles. The Balaban J connectivity index is 2.01. The Morgan fingerprint density at radius 3 is 2.67 bits per heavy atom. The number of hydrogen-bond donors (Lipinski definition) is 1. The maximum atomic E-state index is 11.5. The summed E-state index contributed by atoms with van der Waals surface area (Å²) in [5.74, 6) is -0.976. The molecule has 1 aromatic heterocycles. The van der Waals surface area contributed by atoms with E-state index in [2.05, 4.69) is 18.9 Å². The minimum Gasteiger partial charge on any atom is -0.478 e. The lowest BCUT2D eigenvalue weighted by molar-refractivity contribution is 0.0696. The maximum absolute atomic E-state index is 11.5. The maximum Gasteiger partial charge on any atom is 0.336 e. The minimum absolute atomic E-state index is 0.105. The van der Waals surface area contributed by atoms with E-state index >= 15 is 0 Å². The molecule has 0 fully saturated rings. The van der Waals surface area contributed by atoms with Gasteiger partial charge in [-0.25, -0.2) is 14.8 Å². The summed E-state index contributed by atoms with van der Waals surface area (Å²) in [6.07, 6.45) is 3.53. The van der Waals surface area contributed by atoms with Crippen molar-refractivity contribution in [3.63, 3.8) is 0 Å². The number of benzene rings is 2. The van der Waals surface area contributed by atoms with Gasteiger partial charge in [-0.3, -0.25) is 0 Å². The van der Waals surface area contributed by atoms with E-state index < -0.39 is 5.97 Å². The zero-order chi connectivity index (χ0) is 21.7. The number of nitrogens with zero attached hydrogens (tertiary/aromatic N) is 3.